The Kier molecular flexibility index (Phi) is 13.4. The lowest BCUT2D eigenvalue weighted by atomic mass is 9.91. The maximum atomic E-state index is 2.51. The number of rotatable bonds is 11. The Morgan fingerprint density at radius 2 is 1.20 bits per heavy atom. The maximum absolute atomic E-state index is 2.51. The molecule has 0 aliphatic rings. The van der Waals surface area contributed by atoms with Gasteiger partial charge in [-0.05, 0) is 23.2 Å². The first kappa shape index (κ1) is 15.7. The van der Waals surface area contributed by atoms with Crippen LogP contribution in [0.1, 0.15) is 78.1 Å². The number of halogens is 1. The number of alkyl halides is 1. The molecule has 0 radical (unpaired) electrons. The predicted molar refractivity (Wildman–Crippen MR) is 79.9 cm³/mol. The summed E-state index contributed by atoms with van der Waals surface area (Å²) in [6.45, 7) is 4.61. The zero-order chi connectivity index (χ0) is 11.4. The van der Waals surface area contributed by atoms with Crippen molar-refractivity contribution in [3.8, 4) is 0 Å². The lowest BCUT2D eigenvalue weighted by Gasteiger charge is -2.15. The van der Waals surface area contributed by atoms with Gasteiger partial charge < -0.3 is 0 Å². The van der Waals surface area contributed by atoms with Crippen molar-refractivity contribution >= 4 is 22.6 Å². The molecule has 0 aliphatic carbocycles. The standard InChI is InChI=1S/C14H29I/c1-3-5-7-10-14(12-9-13-15)11-8-6-4-2/h14H,3-13H2,1-2H3. The van der Waals surface area contributed by atoms with Crippen LogP contribution in [0, 0.1) is 5.92 Å². The molecular formula is C14H29I. The molecule has 0 spiro atoms. The Bertz CT molecular complexity index is 102. The van der Waals surface area contributed by atoms with Crippen LogP contribution in [-0.4, -0.2) is 4.43 Å². The Morgan fingerprint density at radius 3 is 1.60 bits per heavy atom. The second kappa shape index (κ2) is 12.8. The summed E-state index contributed by atoms with van der Waals surface area (Å²) in [5.74, 6) is 1.04. The fourth-order valence-corrected chi connectivity index (χ4v) is 2.61. The van der Waals surface area contributed by atoms with Crippen LogP contribution in [-0.2, 0) is 0 Å². The van der Waals surface area contributed by atoms with Gasteiger partial charge in [-0.2, -0.15) is 0 Å². The molecule has 0 rings (SSSR count). The normalized spacial score (nSPS) is 11.2. The molecule has 0 fully saturated rings. The molecule has 15 heavy (non-hydrogen) atoms. The second-order valence-corrected chi connectivity index (χ2v) is 5.77. The van der Waals surface area contributed by atoms with Crippen molar-refractivity contribution in [2.45, 2.75) is 78.1 Å². The van der Waals surface area contributed by atoms with Gasteiger partial charge in [-0.1, -0.05) is 87.8 Å². The van der Waals surface area contributed by atoms with Crippen molar-refractivity contribution in [3.05, 3.63) is 0 Å². The van der Waals surface area contributed by atoms with Gasteiger partial charge in [-0.15, -0.1) is 0 Å². The summed E-state index contributed by atoms with van der Waals surface area (Å²) in [5.41, 5.74) is 0. The van der Waals surface area contributed by atoms with Crippen LogP contribution in [0.2, 0.25) is 0 Å². The molecule has 0 nitrogen and oxygen atoms in total. The molecule has 92 valence electrons. The first-order valence-electron chi connectivity index (χ1n) is 6.91. The third-order valence-electron chi connectivity index (χ3n) is 3.18. The fraction of sp³-hybridized carbons (Fsp3) is 1.00. The monoisotopic (exact) mass is 324 g/mol. The minimum Gasteiger partial charge on any atom is -0.0864 e. The van der Waals surface area contributed by atoms with Gasteiger partial charge in [-0.25, -0.2) is 0 Å². The maximum Gasteiger partial charge on any atom is -0.000463 e. The molecular weight excluding hydrogens is 295 g/mol. The van der Waals surface area contributed by atoms with E-state index < -0.39 is 0 Å². The Morgan fingerprint density at radius 1 is 0.733 bits per heavy atom. The summed E-state index contributed by atoms with van der Waals surface area (Å²) in [5, 5.41) is 0. The highest BCUT2D eigenvalue weighted by Gasteiger charge is 2.07. The van der Waals surface area contributed by atoms with E-state index in [0.717, 1.165) is 5.92 Å². The van der Waals surface area contributed by atoms with Crippen molar-refractivity contribution < 1.29 is 0 Å². The summed E-state index contributed by atoms with van der Waals surface area (Å²) < 4.78 is 1.34. The summed E-state index contributed by atoms with van der Waals surface area (Å²) in [6.07, 6.45) is 14.5. The highest BCUT2D eigenvalue weighted by molar-refractivity contribution is 14.1. The van der Waals surface area contributed by atoms with Crippen LogP contribution in [0.5, 0.6) is 0 Å². The zero-order valence-electron chi connectivity index (χ0n) is 10.7. The third-order valence-corrected chi connectivity index (χ3v) is 3.94. The first-order valence-corrected chi connectivity index (χ1v) is 8.43. The minimum atomic E-state index is 1.04. The summed E-state index contributed by atoms with van der Waals surface area (Å²) in [6, 6.07) is 0. The van der Waals surface area contributed by atoms with E-state index in [0.29, 0.717) is 0 Å². The van der Waals surface area contributed by atoms with Crippen LogP contribution in [0.4, 0.5) is 0 Å². The van der Waals surface area contributed by atoms with E-state index in [-0.39, 0.29) is 0 Å². The number of unbranched alkanes of at least 4 members (excludes halogenated alkanes) is 4. The van der Waals surface area contributed by atoms with Crippen LogP contribution < -0.4 is 0 Å². The average Bonchev–Trinajstić information content (AvgIpc) is 2.25. The lowest BCUT2D eigenvalue weighted by molar-refractivity contribution is 0.384. The van der Waals surface area contributed by atoms with Crippen molar-refractivity contribution in [2.75, 3.05) is 4.43 Å². The highest BCUT2D eigenvalue weighted by Crippen LogP contribution is 2.22. The van der Waals surface area contributed by atoms with Crippen LogP contribution in [0.15, 0.2) is 0 Å². The summed E-state index contributed by atoms with van der Waals surface area (Å²) in [7, 11) is 0. The van der Waals surface area contributed by atoms with Crippen LogP contribution in [0.3, 0.4) is 0 Å². The predicted octanol–water partition coefficient (Wildman–Crippen LogP) is 5.98. The van der Waals surface area contributed by atoms with Crippen LogP contribution in [0.25, 0.3) is 0 Å². The van der Waals surface area contributed by atoms with Gasteiger partial charge in [0.2, 0.25) is 0 Å². The molecule has 0 aromatic carbocycles. The Balaban J connectivity index is 3.53. The molecule has 0 unspecified atom stereocenters. The molecule has 0 atom stereocenters. The van der Waals surface area contributed by atoms with Gasteiger partial charge >= 0.3 is 0 Å². The van der Waals surface area contributed by atoms with Gasteiger partial charge in [-0.3, -0.25) is 0 Å². The molecule has 0 amide bonds. The van der Waals surface area contributed by atoms with Crippen molar-refractivity contribution in [1.29, 1.82) is 0 Å². The topological polar surface area (TPSA) is 0 Å². The van der Waals surface area contributed by atoms with Crippen LogP contribution >= 0.6 is 22.6 Å². The third kappa shape index (κ3) is 11.0. The SMILES string of the molecule is CCCCCC(CCCI)CCCCC. The first-order chi connectivity index (χ1) is 7.35. The molecule has 0 aromatic heterocycles. The van der Waals surface area contributed by atoms with Gasteiger partial charge in [0.1, 0.15) is 0 Å². The van der Waals surface area contributed by atoms with E-state index in [1.54, 1.807) is 0 Å². The molecule has 0 heterocycles. The summed E-state index contributed by atoms with van der Waals surface area (Å²) >= 11 is 2.51. The van der Waals surface area contributed by atoms with E-state index in [1.807, 2.05) is 0 Å². The molecule has 0 N–H and O–H groups in total. The van der Waals surface area contributed by atoms with Crippen molar-refractivity contribution in [3.63, 3.8) is 0 Å². The average molecular weight is 324 g/mol. The molecule has 0 saturated heterocycles. The van der Waals surface area contributed by atoms with Gasteiger partial charge in [0.05, 0.1) is 0 Å². The van der Waals surface area contributed by atoms with E-state index >= 15 is 0 Å². The fourth-order valence-electron chi connectivity index (χ4n) is 2.16. The minimum absolute atomic E-state index is 1.04. The van der Waals surface area contributed by atoms with E-state index in [1.165, 1.54) is 68.6 Å². The highest BCUT2D eigenvalue weighted by atomic mass is 127. The number of hydrogen-bond donors (Lipinski definition) is 0. The summed E-state index contributed by atoms with van der Waals surface area (Å²) in [4.78, 5) is 0. The lowest BCUT2D eigenvalue weighted by Crippen LogP contribution is -2.01. The van der Waals surface area contributed by atoms with E-state index in [4.69, 9.17) is 0 Å². The molecule has 0 bridgehead atoms. The number of hydrogen-bond acceptors (Lipinski definition) is 0. The smallest absolute Gasteiger partial charge is 0.000463 e. The quantitative estimate of drug-likeness (QED) is 0.249. The molecule has 0 aromatic rings. The van der Waals surface area contributed by atoms with Gasteiger partial charge in [0.25, 0.3) is 0 Å². The Hall–Kier alpha value is 0.730. The van der Waals surface area contributed by atoms with Crippen molar-refractivity contribution in [2.24, 2.45) is 5.92 Å². The molecule has 0 aliphatic heterocycles. The largest absolute Gasteiger partial charge is 0.0864 e. The van der Waals surface area contributed by atoms with Crippen molar-refractivity contribution in [1.82, 2.24) is 0 Å². The molecule has 1 heteroatoms. The zero-order valence-corrected chi connectivity index (χ0v) is 12.9. The van der Waals surface area contributed by atoms with E-state index in [9.17, 15) is 0 Å². The second-order valence-electron chi connectivity index (χ2n) is 4.69. The van der Waals surface area contributed by atoms with E-state index in [2.05, 4.69) is 36.4 Å². The van der Waals surface area contributed by atoms with Gasteiger partial charge in [0.15, 0.2) is 0 Å². The van der Waals surface area contributed by atoms with Gasteiger partial charge in [0, 0.05) is 0 Å². The Labute approximate surface area is 111 Å². The molecule has 0 saturated carbocycles.